The first-order valence-corrected chi connectivity index (χ1v) is 5.70. The fourth-order valence-corrected chi connectivity index (χ4v) is 2.05. The Morgan fingerprint density at radius 2 is 2.00 bits per heavy atom. The first-order chi connectivity index (χ1) is 7.56. The molecule has 0 fully saturated rings. The van der Waals surface area contributed by atoms with Gasteiger partial charge < -0.3 is 10.8 Å². The molecule has 1 aromatic carbocycles. The third kappa shape index (κ3) is 3.30. The third-order valence-electron chi connectivity index (χ3n) is 2.85. The van der Waals surface area contributed by atoms with Crippen LogP contribution in [-0.4, -0.2) is 36.2 Å². The predicted octanol–water partition coefficient (Wildman–Crippen LogP) is 1.31. The number of rotatable bonds is 5. The normalized spacial score (nSPS) is 15.1. The highest BCUT2D eigenvalue weighted by Gasteiger charge is 2.17. The molecule has 3 nitrogen and oxygen atoms in total. The van der Waals surface area contributed by atoms with E-state index >= 15 is 0 Å². The van der Waals surface area contributed by atoms with Gasteiger partial charge in [-0.25, -0.2) is 0 Å². The van der Waals surface area contributed by atoms with E-state index in [2.05, 4.69) is 24.0 Å². The third-order valence-corrected chi connectivity index (χ3v) is 2.85. The molecule has 1 aromatic rings. The second kappa shape index (κ2) is 5.99. The molecule has 0 saturated heterocycles. The lowest BCUT2D eigenvalue weighted by Crippen LogP contribution is -2.35. The lowest BCUT2D eigenvalue weighted by molar-refractivity contribution is 0.119. The Morgan fingerprint density at radius 3 is 2.50 bits per heavy atom. The van der Waals surface area contributed by atoms with Crippen LogP contribution >= 0.6 is 0 Å². The molecule has 0 aliphatic carbocycles. The molecule has 2 unspecified atom stereocenters. The summed E-state index contributed by atoms with van der Waals surface area (Å²) in [7, 11) is 2.00. The number of aryl methyl sites for hydroxylation is 1. The average Bonchev–Trinajstić information content (AvgIpc) is 2.20. The van der Waals surface area contributed by atoms with Crippen LogP contribution in [0.25, 0.3) is 0 Å². The molecular formula is C13H22N2O. The highest BCUT2D eigenvalue weighted by molar-refractivity contribution is 5.29. The smallest absolute Gasteiger partial charge is 0.0639 e. The minimum Gasteiger partial charge on any atom is -0.392 e. The highest BCUT2D eigenvalue weighted by atomic mass is 16.3. The fraction of sp³-hybridized carbons (Fsp3) is 0.538. The predicted molar refractivity (Wildman–Crippen MR) is 67.3 cm³/mol. The van der Waals surface area contributed by atoms with Crippen LogP contribution < -0.4 is 5.73 Å². The van der Waals surface area contributed by atoms with E-state index in [4.69, 9.17) is 5.73 Å². The Kier molecular flexibility index (Phi) is 4.93. The van der Waals surface area contributed by atoms with Crippen molar-refractivity contribution in [1.82, 2.24) is 4.90 Å². The fourth-order valence-electron chi connectivity index (χ4n) is 2.05. The number of aliphatic hydroxyl groups is 1. The van der Waals surface area contributed by atoms with Crippen molar-refractivity contribution in [3.05, 3.63) is 35.4 Å². The van der Waals surface area contributed by atoms with Crippen LogP contribution in [0.4, 0.5) is 0 Å². The molecule has 16 heavy (non-hydrogen) atoms. The van der Waals surface area contributed by atoms with E-state index in [0.717, 1.165) is 0 Å². The molecule has 3 N–H and O–H groups in total. The first-order valence-electron chi connectivity index (χ1n) is 5.70. The number of aliphatic hydroxyl groups excluding tert-OH is 1. The maximum absolute atomic E-state index is 9.40. The summed E-state index contributed by atoms with van der Waals surface area (Å²) in [5.41, 5.74) is 8.32. The molecule has 0 radical (unpaired) electrons. The van der Waals surface area contributed by atoms with E-state index in [1.54, 1.807) is 6.92 Å². The van der Waals surface area contributed by atoms with Gasteiger partial charge in [-0.3, -0.25) is 4.90 Å². The van der Waals surface area contributed by atoms with Crippen LogP contribution in [0, 0.1) is 6.92 Å². The Bertz CT molecular complexity index is 325. The Labute approximate surface area is 97.9 Å². The Balaban J connectivity index is 2.86. The standard InChI is InChI=1S/C13H22N2O/c1-10-6-4-5-7-12(10)13(8-14)15(3)9-11(2)16/h4-7,11,13,16H,8-9,14H2,1-3H3. The van der Waals surface area contributed by atoms with Crippen molar-refractivity contribution < 1.29 is 5.11 Å². The summed E-state index contributed by atoms with van der Waals surface area (Å²) in [5.74, 6) is 0. The molecule has 90 valence electrons. The van der Waals surface area contributed by atoms with Gasteiger partial charge in [0.2, 0.25) is 0 Å². The monoisotopic (exact) mass is 222 g/mol. The topological polar surface area (TPSA) is 49.5 Å². The molecule has 0 bridgehead atoms. The molecule has 0 amide bonds. The van der Waals surface area contributed by atoms with Crippen molar-refractivity contribution in [2.45, 2.75) is 26.0 Å². The van der Waals surface area contributed by atoms with Gasteiger partial charge in [0, 0.05) is 19.1 Å². The minimum absolute atomic E-state index is 0.177. The molecule has 2 atom stereocenters. The molecular weight excluding hydrogens is 200 g/mol. The van der Waals surface area contributed by atoms with Crippen LogP contribution in [0.3, 0.4) is 0 Å². The average molecular weight is 222 g/mol. The summed E-state index contributed by atoms with van der Waals surface area (Å²) in [5, 5.41) is 9.40. The van der Waals surface area contributed by atoms with E-state index in [1.807, 2.05) is 19.2 Å². The van der Waals surface area contributed by atoms with Crippen LogP contribution in [0.1, 0.15) is 24.1 Å². The van der Waals surface area contributed by atoms with E-state index in [9.17, 15) is 5.11 Å². The zero-order valence-corrected chi connectivity index (χ0v) is 10.4. The Hall–Kier alpha value is -0.900. The molecule has 0 spiro atoms. The van der Waals surface area contributed by atoms with Crippen molar-refractivity contribution in [3.8, 4) is 0 Å². The van der Waals surface area contributed by atoms with Gasteiger partial charge in [0.05, 0.1) is 6.10 Å². The van der Waals surface area contributed by atoms with E-state index in [0.29, 0.717) is 13.1 Å². The van der Waals surface area contributed by atoms with Gasteiger partial charge in [0.15, 0.2) is 0 Å². The van der Waals surface area contributed by atoms with Crippen LogP contribution in [-0.2, 0) is 0 Å². The lowest BCUT2D eigenvalue weighted by Gasteiger charge is -2.29. The second-order valence-electron chi connectivity index (χ2n) is 4.40. The molecule has 1 rings (SSSR count). The maximum Gasteiger partial charge on any atom is 0.0639 e. The zero-order chi connectivity index (χ0) is 12.1. The van der Waals surface area contributed by atoms with Gasteiger partial charge in [0.1, 0.15) is 0 Å². The number of nitrogens with zero attached hydrogens (tertiary/aromatic N) is 1. The molecule has 0 aliphatic heterocycles. The zero-order valence-electron chi connectivity index (χ0n) is 10.4. The van der Waals surface area contributed by atoms with E-state index in [-0.39, 0.29) is 12.1 Å². The quantitative estimate of drug-likeness (QED) is 0.789. The van der Waals surface area contributed by atoms with Gasteiger partial charge in [0.25, 0.3) is 0 Å². The summed E-state index contributed by atoms with van der Waals surface area (Å²) >= 11 is 0. The molecule has 0 heterocycles. The summed E-state index contributed by atoms with van der Waals surface area (Å²) in [6.45, 7) is 5.08. The van der Waals surface area contributed by atoms with Crippen molar-refractivity contribution >= 4 is 0 Å². The first kappa shape index (κ1) is 13.2. The lowest BCUT2D eigenvalue weighted by atomic mass is 10.00. The summed E-state index contributed by atoms with van der Waals surface area (Å²) in [6, 6.07) is 8.43. The van der Waals surface area contributed by atoms with E-state index < -0.39 is 0 Å². The van der Waals surface area contributed by atoms with Gasteiger partial charge in [-0.15, -0.1) is 0 Å². The summed E-state index contributed by atoms with van der Waals surface area (Å²) in [6.07, 6.45) is -0.330. The molecule has 3 heteroatoms. The van der Waals surface area contributed by atoms with Crippen molar-refractivity contribution in [2.75, 3.05) is 20.1 Å². The van der Waals surface area contributed by atoms with Gasteiger partial charge in [-0.2, -0.15) is 0 Å². The van der Waals surface area contributed by atoms with Crippen LogP contribution in [0.15, 0.2) is 24.3 Å². The van der Waals surface area contributed by atoms with Crippen molar-refractivity contribution in [3.63, 3.8) is 0 Å². The molecule has 0 aliphatic rings. The Morgan fingerprint density at radius 1 is 1.38 bits per heavy atom. The number of benzene rings is 1. The number of nitrogens with two attached hydrogens (primary N) is 1. The van der Waals surface area contributed by atoms with Crippen LogP contribution in [0.5, 0.6) is 0 Å². The second-order valence-corrected chi connectivity index (χ2v) is 4.40. The summed E-state index contributed by atoms with van der Waals surface area (Å²) in [4.78, 5) is 2.10. The SMILES string of the molecule is Cc1ccccc1C(CN)N(C)CC(C)O. The van der Waals surface area contributed by atoms with E-state index in [1.165, 1.54) is 11.1 Å². The van der Waals surface area contributed by atoms with Crippen molar-refractivity contribution in [1.29, 1.82) is 0 Å². The molecule has 0 saturated carbocycles. The van der Waals surface area contributed by atoms with Gasteiger partial charge >= 0.3 is 0 Å². The molecule has 0 aromatic heterocycles. The van der Waals surface area contributed by atoms with Crippen LogP contribution in [0.2, 0.25) is 0 Å². The highest BCUT2D eigenvalue weighted by Crippen LogP contribution is 2.21. The number of hydrogen-bond donors (Lipinski definition) is 2. The number of hydrogen-bond acceptors (Lipinski definition) is 3. The minimum atomic E-state index is -0.330. The van der Waals surface area contributed by atoms with Gasteiger partial charge in [-0.05, 0) is 32.0 Å². The number of likely N-dealkylation sites (N-methyl/N-ethyl adjacent to an activating group) is 1. The van der Waals surface area contributed by atoms with Crippen molar-refractivity contribution in [2.24, 2.45) is 5.73 Å². The summed E-state index contributed by atoms with van der Waals surface area (Å²) < 4.78 is 0. The van der Waals surface area contributed by atoms with Gasteiger partial charge in [-0.1, -0.05) is 24.3 Å². The largest absolute Gasteiger partial charge is 0.392 e. The maximum atomic E-state index is 9.40.